The van der Waals surface area contributed by atoms with Crippen LogP contribution in [0.15, 0.2) is 59.6 Å². The lowest BCUT2D eigenvalue weighted by atomic mass is 10.1. The second-order valence-electron chi connectivity index (χ2n) is 8.12. The van der Waals surface area contributed by atoms with Crippen LogP contribution in [0.2, 0.25) is 0 Å². The molecule has 0 bridgehead atoms. The van der Waals surface area contributed by atoms with Gasteiger partial charge in [0.05, 0.1) is 22.7 Å². The molecular weight excluding hydrogens is 440 g/mol. The monoisotopic (exact) mass is 466 g/mol. The molecule has 3 aromatic rings. The number of nitrogens with zero attached hydrogens (tertiary/aromatic N) is 4. The molecule has 1 aliphatic heterocycles. The minimum absolute atomic E-state index is 0.113. The minimum atomic E-state index is -3.57. The van der Waals surface area contributed by atoms with Crippen LogP contribution in [0.25, 0.3) is 11.3 Å². The maximum atomic E-state index is 12.8. The van der Waals surface area contributed by atoms with Gasteiger partial charge < -0.3 is 15.5 Å². The van der Waals surface area contributed by atoms with Gasteiger partial charge in [0.1, 0.15) is 0 Å². The van der Waals surface area contributed by atoms with Crippen molar-refractivity contribution in [2.24, 2.45) is 0 Å². The first-order valence-corrected chi connectivity index (χ1v) is 11.9. The molecule has 0 saturated heterocycles. The number of sulfonamides is 1. The number of nitrogens with one attached hydrogen (secondary N) is 2. The zero-order valence-electron chi connectivity index (χ0n) is 18.7. The predicted molar refractivity (Wildman–Crippen MR) is 128 cm³/mol. The molecule has 2 heterocycles. The summed E-state index contributed by atoms with van der Waals surface area (Å²) in [5.74, 6) is 0.245. The van der Waals surface area contributed by atoms with Crippen molar-refractivity contribution in [3.8, 4) is 11.3 Å². The number of carbonyl (C=O) groups is 1. The van der Waals surface area contributed by atoms with Gasteiger partial charge >= 0.3 is 0 Å². The number of anilines is 3. The van der Waals surface area contributed by atoms with Gasteiger partial charge in [-0.1, -0.05) is 18.2 Å². The van der Waals surface area contributed by atoms with Crippen LogP contribution in [0.3, 0.4) is 0 Å². The third kappa shape index (κ3) is 5.03. The van der Waals surface area contributed by atoms with E-state index in [0.29, 0.717) is 36.1 Å². The Hall–Kier alpha value is -3.34. The van der Waals surface area contributed by atoms with Crippen molar-refractivity contribution >= 4 is 33.3 Å². The minimum Gasteiger partial charge on any atom is -0.325 e. The summed E-state index contributed by atoms with van der Waals surface area (Å²) in [5.41, 5.74) is 3.61. The number of para-hydroxylation sites is 1. The first-order valence-electron chi connectivity index (χ1n) is 10.5. The summed E-state index contributed by atoms with van der Waals surface area (Å²) in [6.45, 7) is 1.03. The molecule has 1 amide bonds. The molecule has 0 unspecified atom stereocenters. The fourth-order valence-corrected chi connectivity index (χ4v) is 4.64. The first-order chi connectivity index (χ1) is 15.7. The highest BCUT2D eigenvalue weighted by Crippen LogP contribution is 2.32. The van der Waals surface area contributed by atoms with Crippen LogP contribution >= 0.6 is 0 Å². The van der Waals surface area contributed by atoms with Crippen LogP contribution in [-0.4, -0.2) is 67.7 Å². The Labute approximate surface area is 193 Å². The summed E-state index contributed by atoms with van der Waals surface area (Å²) in [4.78, 5) is 23.3. The smallest absolute Gasteiger partial charge is 0.242 e. The van der Waals surface area contributed by atoms with E-state index in [2.05, 4.69) is 20.6 Å². The van der Waals surface area contributed by atoms with Crippen molar-refractivity contribution in [2.45, 2.75) is 11.3 Å². The van der Waals surface area contributed by atoms with Crippen LogP contribution in [0.4, 0.5) is 17.3 Å². The van der Waals surface area contributed by atoms with Crippen LogP contribution in [0, 0.1) is 0 Å². The summed E-state index contributed by atoms with van der Waals surface area (Å²) in [5, 5.41) is 6.01. The van der Waals surface area contributed by atoms with E-state index in [4.69, 9.17) is 0 Å². The van der Waals surface area contributed by atoms with Gasteiger partial charge in [0, 0.05) is 43.1 Å². The SMILES string of the molecule is CN(C)CCN(C)S(=O)(=O)c1ccc(Nc2ncc3c(n2)-c2ccccc2NC(=O)C3)cc1. The summed E-state index contributed by atoms with van der Waals surface area (Å²) >= 11 is 0. The van der Waals surface area contributed by atoms with Crippen LogP contribution in [0.1, 0.15) is 5.56 Å². The fourth-order valence-electron chi connectivity index (χ4n) is 3.48. The van der Waals surface area contributed by atoms with Gasteiger partial charge in [-0.3, -0.25) is 4.79 Å². The topological polar surface area (TPSA) is 108 Å². The summed E-state index contributed by atoms with van der Waals surface area (Å²) in [6, 6.07) is 14.0. The number of carbonyl (C=O) groups excluding carboxylic acids is 1. The standard InChI is InChI=1S/C23H26N6O3S/c1-28(2)12-13-29(3)33(31,32)18-10-8-17(9-11-18)25-23-24-15-16-14-21(30)26-20-7-5-4-6-19(20)22(16)27-23/h4-11,15H,12-14H2,1-3H3,(H,26,30)(H,24,25,27). The number of amides is 1. The van der Waals surface area contributed by atoms with Gasteiger partial charge in [0.25, 0.3) is 0 Å². The normalized spacial score (nSPS) is 13.3. The Morgan fingerprint density at radius 3 is 2.48 bits per heavy atom. The molecule has 4 rings (SSSR count). The average Bonchev–Trinajstić information content (AvgIpc) is 2.93. The van der Waals surface area contributed by atoms with Crippen LogP contribution in [-0.2, 0) is 21.2 Å². The van der Waals surface area contributed by atoms with Crippen molar-refractivity contribution in [2.75, 3.05) is 44.9 Å². The van der Waals surface area contributed by atoms with Gasteiger partial charge in [-0.05, 0) is 44.4 Å². The van der Waals surface area contributed by atoms with E-state index in [0.717, 1.165) is 11.1 Å². The Balaban J connectivity index is 1.56. The zero-order valence-corrected chi connectivity index (χ0v) is 19.6. The van der Waals surface area contributed by atoms with Gasteiger partial charge in [-0.15, -0.1) is 0 Å². The highest BCUT2D eigenvalue weighted by molar-refractivity contribution is 7.89. The molecule has 33 heavy (non-hydrogen) atoms. The fraction of sp³-hybridized carbons (Fsp3) is 0.261. The van der Waals surface area contributed by atoms with Gasteiger partial charge in [-0.2, -0.15) is 4.31 Å². The second-order valence-corrected chi connectivity index (χ2v) is 10.2. The maximum Gasteiger partial charge on any atom is 0.242 e. The molecular formula is C23H26N6O3S. The third-order valence-corrected chi connectivity index (χ3v) is 7.22. The molecule has 2 aromatic carbocycles. The van der Waals surface area contributed by atoms with Crippen molar-refractivity contribution in [3.63, 3.8) is 0 Å². The number of fused-ring (bicyclic) bond motifs is 3. The number of aromatic nitrogens is 2. The molecule has 0 atom stereocenters. The van der Waals surface area contributed by atoms with E-state index >= 15 is 0 Å². The zero-order chi connectivity index (χ0) is 23.6. The van der Waals surface area contributed by atoms with E-state index in [-0.39, 0.29) is 17.2 Å². The number of hydrogen-bond acceptors (Lipinski definition) is 7. The highest BCUT2D eigenvalue weighted by atomic mass is 32.2. The van der Waals surface area contributed by atoms with Crippen molar-refractivity contribution in [1.82, 2.24) is 19.2 Å². The van der Waals surface area contributed by atoms with Crippen molar-refractivity contribution in [1.29, 1.82) is 0 Å². The van der Waals surface area contributed by atoms with Crippen molar-refractivity contribution in [3.05, 3.63) is 60.3 Å². The van der Waals surface area contributed by atoms with Gasteiger partial charge in [-0.25, -0.2) is 18.4 Å². The van der Waals surface area contributed by atoms with Crippen molar-refractivity contribution < 1.29 is 13.2 Å². The lowest BCUT2D eigenvalue weighted by Gasteiger charge is -2.19. The van der Waals surface area contributed by atoms with Crippen LogP contribution in [0.5, 0.6) is 0 Å². The van der Waals surface area contributed by atoms with E-state index in [1.165, 1.54) is 4.31 Å². The summed E-state index contributed by atoms with van der Waals surface area (Å²) < 4.78 is 26.9. The quantitative estimate of drug-likeness (QED) is 0.551. The van der Waals surface area contributed by atoms with E-state index in [9.17, 15) is 13.2 Å². The number of likely N-dealkylation sites (N-methyl/N-ethyl adjacent to an activating group) is 2. The summed E-state index contributed by atoms with van der Waals surface area (Å²) in [7, 11) is 1.81. The Morgan fingerprint density at radius 2 is 1.76 bits per heavy atom. The number of rotatable bonds is 7. The maximum absolute atomic E-state index is 12.8. The number of benzene rings is 2. The highest BCUT2D eigenvalue weighted by Gasteiger charge is 2.22. The third-order valence-electron chi connectivity index (χ3n) is 5.35. The molecule has 0 fully saturated rings. The van der Waals surface area contributed by atoms with E-state index in [1.807, 2.05) is 43.3 Å². The summed E-state index contributed by atoms with van der Waals surface area (Å²) in [6.07, 6.45) is 1.84. The first kappa shape index (κ1) is 22.8. The van der Waals surface area contributed by atoms with E-state index in [1.54, 1.807) is 37.5 Å². The Bertz CT molecular complexity index is 1280. The predicted octanol–water partition coefficient (Wildman–Crippen LogP) is 2.56. The molecule has 172 valence electrons. The van der Waals surface area contributed by atoms with Gasteiger partial charge in [0.15, 0.2) is 0 Å². The number of hydrogen-bond donors (Lipinski definition) is 2. The largest absolute Gasteiger partial charge is 0.325 e. The van der Waals surface area contributed by atoms with Crippen LogP contribution < -0.4 is 10.6 Å². The molecule has 0 spiro atoms. The molecule has 9 nitrogen and oxygen atoms in total. The van der Waals surface area contributed by atoms with E-state index < -0.39 is 10.0 Å². The average molecular weight is 467 g/mol. The van der Waals surface area contributed by atoms with Gasteiger partial charge in [0.2, 0.25) is 21.9 Å². The molecule has 0 radical (unpaired) electrons. The second kappa shape index (κ2) is 9.26. The molecule has 1 aliphatic rings. The lowest BCUT2D eigenvalue weighted by Crippen LogP contribution is -2.33. The Morgan fingerprint density at radius 1 is 1.03 bits per heavy atom. The molecule has 0 saturated carbocycles. The molecule has 10 heteroatoms. The molecule has 0 aliphatic carbocycles. The molecule has 1 aromatic heterocycles. The lowest BCUT2D eigenvalue weighted by molar-refractivity contribution is -0.115. The Kier molecular flexibility index (Phi) is 6.41. The molecule has 2 N–H and O–H groups in total.